The van der Waals surface area contributed by atoms with E-state index in [-0.39, 0.29) is 0 Å². The lowest BCUT2D eigenvalue weighted by atomic mass is 9.83. The summed E-state index contributed by atoms with van der Waals surface area (Å²) < 4.78 is 0. The highest BCUT2D eigenvalue weighted by Gasteiger charge is 2.27. The molecule has 0 saturated carbocycles. The van der Waals surface area contributed by atoms with Crippen LogP contribution in [0.1, 0.15) is 33.6 Å². The van der Waals surface area contributed by atoms with E-state index in [1.165, 1.54) is 29.3 Å². The fourth-order valence-electron chi connectivity index (χ4n) is 3.00. The number of rotatable bonds is 7. The van der Waals surface area contributed by atoms with E-state index in [0.717, 1.165) is 18.8 Å². The highest BCUT2D eigenvalue weighted by Crippen LogP contribution is 2.33. The predicted molar refractivity (Wildman–Crippen MR) is 98.7 cm³/mol. The van der Waals surface area contributed by atoms with Gasteiger partial charge in [0.05, 0.1) is 0 Å². The first kappa shape index (κ1) is 16.2. The van der Waals surface area contributed by atoms with Gasteiger partial charge in [-0.1, -0.05) is 50.2 Å². The summed E-state index contributed by atoms with van der Waals surface area (Å²) in [6.07, 6.45) is 2.35. The van der Waals surface area contributed by atoms with Crippen molar-refractivity contribution in [2.75, 3.05) is 23.7 Å². The summed E-state index contributed by atoms with van der Waals surface area (Å²) >= 11 is 4.63. The molecule has 114 valence electrons. The Balaban J connectivity index is 2.40. The van der Waals surface area contributed by atoms with E-state index in [2.05, 4.69) is 80.8 Å². The van der Waals surface area contributed by atoms with Gasteiger partial charge in [0, 0.05) is 24.2 Å². The molecule has 0 atom stereocenters. The van der Waals surface area contributed by atoms with Crippen molar-refractivity contribution < 1.29 is 0 Å². The van der Waals surface area contributed by atoms with Crippen molar-refractivity contribution in [1.29, 1.82) is 0 Å². The van der Waals surface area contributed by atoms with E-state index in [0.29, 0.717) is 5.41 Å². The lowest BCUT2D eigenvalue weighted by molar-refractivity contribution is 0.311. The molecular weight excluding hydrogens is 274 g/mol. The van der Waals surface area contributed by atoms with Gasteiger partial charge in [-0.05, 0) is 42.4 Å². The third-order valence-corrected chi connectivity index (χ3v) is 5.52. The van der Waals surface area contributed by atoms with Crippen LogP contribution in [0.15, 0.2) is 42.5 Å². The second kappa shape index (κ2) is 7.22. The molecule has 0 aliphatic heterocycles. The second-order valence-corrected chi connectivity index (χ2v) is 6.19. The van der Waals surface area contributed by atoms with Crippen molar-refractivity contribution in [3.8, 4) is 0 Å². The van der Waals surface area contributed by atoms with Gasteiger partial charge in [0.2, 0.25) is 0 Å². The normalized spacial score (nSPS) is 11.8. The number of benzene rings is 2. The van der Waals surface area contributed by atoms with E-state index in [1.807, 2.05) is 0 Å². The second-order valence-electron chi connectivity index (χ2n) is 5.88. The molecule has 21 heavy (non-hydrogen) atoms. The van der Waals surface area contributed by atoms with Crippen LogP contribution in [0.2, 0.25) is 0 Å². The van der Waals surface area contributed by atoms with Gasteiger partial charge >= 0.3 is 0 Å². The first-order valence-corrected chi connectivity index (χ1v) is 8.66. The Morgan fingerprint density at radius 1 is 0.952 bits per heavy atom. The Morgan fingerprint density at radius 2 is 1.62 bits per heavy atom. The van der Waals surface area contributed by atoms with Gasteiger partial charge in [0.15, 0.2) is 0 Å². The summed E-state index contributed by atoms with van der Waals surface area (Å²) in [5.41, 5.74) is 1.65. The topological polar surface area (TPSA) is 3.24 Å². The van der Waals surface area contributed by atoms with Crippen LogP contribution in [-0.2, 0) is 0 Å². The highest BCUT2D eigenvalue weighted by molar-refractivity contribution is 7.80. The Labute approximate surface area is 134 Å². The van der Waals surface area contributed by atoms with Crippen LogP contribution < -0.4 is 4.90 Å². The smallest absolute Gasteiger partial charge is 0.0445 e. The molecular formula is C19H27NS. The van der Waals surface area contributed by atoms with Gasteiger partial charge in [0.25, 0.3) is 0 Å². The lowest BCUT2D eigenvalue weighted by Gasteiger charge is -2.37. The molecule has 0 aliphatic rings. The molecule has 0 N–H and O–H groups in total. The summed E-state index contributed by atoms with van der Waals surface area (Å²) in [6, 6.07) is 15.3. The average molecular weight is 301 g/mol. The van der Waals surface area contributed by atoms with Crippen molar-refractivity contribution in [3.05, 3.63) is 42.5 Å². The Bertz CT molecular complexity index is 561. The molecule has 2 rings (SSSR count). The van der Waals surface area contributed by atoms with Gasteiger partial charge < -0.3 is 4.90 Å². The minimum absolute atomic E-state index is 0.302. The van der Waals surface area contributed by atoms with Crippen LogP contribution in [0.25, 0.3) is 10.8 Å². The third-order valence-electron chi connectivity index (χ3n) is 4.85. The molecule has 0 saturated heterocycles. The number of nitrogens with zero attached hydrogens (tertiary/aromatic N) is 1. The summed E-state index contributed by atoms with van der Waals surface area (Å²) in [5.74, 6) is 0.946. The molecule has 0 amide bonds. The van der Waals surface area contributed by atoms with Crippen LogP contribution in [0, 0.1) is 5.41 Å². The number of fused-ring (bicyclic) bond motifs is 1. The van der Waals surface area contributed by atoms with Crippen LogP contribution in [0.4, 0.5) is 5.69 Å². The Morgan fingerprint density at radius 3 is 2.24 bits per heavy atom. The maximum Gasteiger partial charge on any atom is 0.0445 e. The third kappa shape index (κ3) is 3.37. The van der Waals surface area contributed by atoms with Crippen molar-refractivity contribution in [2.24, 2.45) is 5.41 Å². The van der Waals surface area contributed by atoms with Crippen molar-refractivity contribution in [1.82, 2.24) is 0 Å². The fourth-order valence-corrected chi connectivity index (χ4v) is 3.55. The molecule has 0 bridgehead atoms. The zero-order valence-corrected chi connectivity index (χ0v) is 14.4. The minimum Gasteiger partial charge on any atom is -0.371 e. The summed E-state index contributed by atoms with van der Waals surface area (Å²) in [7, 11) is 0. The van der Waals surface area contributed by atoms with Crippen LogP contribution >= 0.6 is 12.6 Å². The standard InChI is InChI=1S/C19H27NS/c1-4-19(5-2,15-21)14-20(6-3)18-13-9-11-16-10-7-8-12-17(16)18/h7-13,21H,4-6,14-15H2,1-3H3. The van der Waals surface area contributed by atoms with Gasteiger partial charge in [-0.25, -0.2) is 0 Å². The van der Waals surface area contributed by atoms with Crippen LogP contribution in [0.3, 0.4) is 0 Å². The maximum atomic E-state index is 4.63. The molecule has 0 fully saturated rings. The van der Waals surface area contributed by atoms with Gasteiger partial charge in [-0.2, -0.15) is 12.6 Å². The minimum atomic E-state index is 0.302. The molecule has 2 heteroatoms. The molecule has 0 aromatic heterocycles. The maximum absolute atomic E-state index is 4.63. The number of hydrogen-bond acceptors (Lipinski definition) is 2. The highest BCUT2D eigenvalue weighted by atomic mass is 32.1. The van der Waals surface area contributed by atoms with Gasteiger partial charge in [-0.15, -0.1) is 0 Å². The molecule has 2 aromatic rings. The fraction of sp³-hybridized carbons (Fsp3) is 0.474. The lowest BCUT2D eigenvalue weighted by Crippen LogP contribution is -2.38. The number of thiol groups is 1. The van der Waals surface area contributed by atoms with E-state index in [4.69, 9.17) is 0 Å². The molecule has 0 spiro atoms. The first-order valence-electron chi connectivity index (χ1n) is 8.03. The SMILES string of the molecule is CCN(CC(CC)(CC)CS)c1cccc2ccccc12. The summed E-state index contributed by atoms with van der Waals surface area (Å²) in [5, 5.41) is 2.67. The van der Waals surface area contributed by atoms with Crippen molar-refractivity contribution in [3.63, 3.8) is 0 Å². The van der Waals surface area contributed by atoms with Crippen LogP contribution in [-0.4, -0.2) is 18.8 Å². The van der Waals surface area contributed by atoms with E-state index >= 15 is 0 Å². The van der Waals surface area contributed by atoms with E-state index in [1.54, 1.807) is 0 Å². The van der Waals surface area contributed by atoms with Gasteiger partial charge in [-0.3, -0.25) is 0 Å². The summed E-state index contributed by atoms with van der Waals surface area (Å²) in [6.45, 7) is 8.93. The quantitative estimate of drug-likeness (QED) is 0.670. The summed E-state index contributed by atoms with van der Waals surface area (Å²) in [4.78, 5) is 2.52. The number of anilines is 1. The predicted octanol–water partition coefficient (Wildman–Crippen LogP) is 5.40. The van der Waals surface area contributed by atoms with Crippen molar-refractivity contribution in [2.45, 2.75) is 33.6 Å². The Hall–Kier alpha value is -1.15. The largest absolute Gasteiger partial charge is 0.371 e. The van der Waals surface area contributed by atoms with E-state index < -0.39 is 0 Å². The molecule has 2 aromatic carbocycles. The average Bonchev–Trinajstić information content (AvgIpc) is 2.56. The van der Waals surface area contributed by atoms with Crippen LogP contribution in [0.5, 0.6) is 0 Å². The van der Waals surface area contributed by atoms with E-state index in [9.17, 15) is 0 Å². The number of hydrogen-bond donors (Lipinski definition) is 1. The zero-order valence-electron chi connectivity index (χ0n) is 13.5. The molecule has 0 unspecified atom stereocenters. The van der Waals surface area contributed by atoms with Crippen molar-refractivity contribution >= 4 is 29.1 Å². The zero-order chi connectivity index (χ0) is 15.3. The molecule has 1 nitrogen and oxygen atoms in total. The first-order chi connectivity index (χ1) is 10.2. The molecule has 0 radical (unpaired) electrons. The molecule has 0 aliphatic carbocycles. The monoisotopic (exact) mass is 301 g/mol. The van der Waals surface area contributed by atoms with Gasteiger partial charge in [0.1, 0.15) is 0 Å². The molecule has 0 heterocycles. The Kier molecular flexibility index (Phi) is 5.58.